The molecule has 1 aliphatic rings. The van der Waals surface area contributed by atoms with Crippen LogP contribution in [0, 0.1) is 0 Å². The largest absolute Gasteiger partial charge is 0.306 e. The van der Waals surface area contributed by atoms with Gasteiger partial charge in [0, 0.05) is 17.1 Å². The zero-order valence-electron chi connectivity index (χ0n) is 9.69. The Morgan fingerprint density at radius 3 is 2.82 bits per heavy atom. The third kappa shape index (κ3) is 3.44. The summed E-state index contributed by atoms with van der Waals surface area (Å²) in [4.78, 5) is 0. The van der Waals surface area contributed by atoms with Crippen LogP contribution in [0.25, 0.3) is 0 Å². The van der Waals surface area contributed by atoms with Crippen molar-refractivity contribution in [2.24, 2.45) is 0 Å². The molecule has 2 rings (SSSR count). The van der Waals surface area contributed by atoms with E-state index in [1.807, 2.05) is 31.2 Å². The van der Waals surface area contributed by atoms with Crippen LogP contribution in [0.3, 0.4) is 0 Å². The van der Waals surface area contributed by atoms with Crippen molar-refractivity contribution in [3.63, 3.8) is 0 Å². The molecule has 17 heavy (non-hydrogen) atoms. The Bertz CT molecular complexity index is 501. The summed E-state index contributed by atoms with van der Waals surface area (Å²) in [7, 11) is -2.82. The maximum atomic E-state index is 11.4. The van der Waals surface area contributed by atoms with Crippen LogP contribution in [0.5, 0.6) is 0 Å². The summed E-state index contributed by atoms with van der Waals surface area (Å²) in [5, 5.41) is 4.04. The van der Waals surface area contributed by atoms with Crippen molar-refractivity contribution in [3.8, 4) is 0 Å². The smallest absolute Gasteiger partial charge is 0.151 e. The first-order chi connectivity index (χ1) is 7.96. The second-order valence-electron chi connectivity index (χ2n) is 4.54. The SMILES string of the molecule is C[C@@H](NC1CCS(=O)(=O)C1)c1cccc(Cl)c1. The van der Waals surface area contributed by atoms with Crippen molar-refractivity contribution in [2.75, 3.05) is 11.5 Å². The summed E-state index contributed by atoms with van der Waals surface area (Å²) in [6.45, 7) is 2.02. The molecule has 0 spiro atoms. The molecule has 1 N–H and O–H groups in total. The topological polar surface area (TPSA) is 46.2 Å². The van der Waals surface area contributed by atoms with Gasteiger partial charge in [0.05, 0.1) is 11.5 Å². The Labute approximate surface area is 107 Å². The predicted molar refractivity (Wildman–Crippen MR) is 70.1 cm³/mol. The minimum Gasteiger partial charge on any atom is -0.306 e. The molecule has 0 aromatic heterocycles. The van der Waals surface area contributed by atoms with Gasteiger partial charge >= 0.3 is 0 Å². The van der Waals surface area contributed by atoms with Crippen LogP contribution in [0.2, 0.25) is 5.02 Å². The molecule has 1 heterocycles. The van der Waals surface area contributed by atoms with E-state index >= 15 is 0 Å². The van der Waals surface area contributed by atoms with Gasteiger partial charge in [-0.05, 0) is 31.0 Å². The monoisotopic (exact) mass is 273 g/mol. The maximum Gasteiger partial charge on any atom is 0.151 e. The molecule has 0 amide bonds. The summed E-state index contributed by atoms with van der Waals surface area (Å²) in [5.74, 6) is 0.546. The molecule has 0 aliphatic carbocycles. The van der Waals surface area contributed by atoms with Crippen LogP contribution in [0.4, 0.5) is 0 Å². The molecule has 1 aromatic carbocycles. The Kier molecular flexibility index (Phi) is 3.76. The lowest BCUT2D eigenvalue weighted by Crippen LogP contribution is -2.32. The normalized spacial score (nSPS) is 24.7. The van der Waals surface area contributed by atoms with Gasteiger partial charge < -0.3 is 5.32 Å². The number of hydrogen-bond acceptors (Lipinski definition) is 3. The molecule has 0 bridgehead atoms. The molecule has 0 saturated carbocycles. The van der Waals surface area contributed by atoms with Crippen LogP contribution in [0.1, 0.15) is 24.9 Å². The van der Waals surface area contributed by atoms with Crippen LogP contribution in [-0.2, 0) is 9.84 Å². The highest BCUT2D eigenvalue weighted by Gasteiger charge is 2.28. The summed E-state index contributed by atoms with van der Waals surface area (Å²) in [6.07, 6.45) is 0.702. The molecule has 1 fully saturated rings. The molecular weight excluding hydrogens is 258 g/mol. The van der Waals surface area contributed by atoms with Crippen molar-refractivity contribution in [1.29, 1.82) is 0 Å². The van der Waals surface area contributed by atoms with Crippen LogP contribution < -0.4 is 5.32 Å². The predicted octanol–water partition coefficient (Wildman–Crippen LogP) is 2.18. The van der Waals surface area contributed by atoms with Crippen molar-refractivity contribution in [3.05, 3.63) is 34.9 Å². The van der Waals surface area contributed by atoms with Crippen molar-refractivity contribution >= 4 is 21.4 Å². The average Bonchev–Trinajstić information content (AvgIpc) is 2.58. The Balaban J connectivity index is 2.00. The van der Waals surface area contributed by atoms with Gasteiger partial charge in [-0.3, -0.25) is 0 Å². The van der Waals surface area contributed by atoms with Gasteiger partial charge in [-0.2, -0.15) is 0 Å². The zero-order chi connectivity index (χ0) is 12.5. The van der Waals surface area contributed by atoms with E-state index < -0.39 is 9.84 Å². The fourth-order valence-corrected chi connectivity index (χ4v) is 4.04. The zero-order valence-corrected chi connectivity index (χ0v) is 11.3. The Morgan fingerprint density at radius 2 is 2.24 bits per heavy atom. The molecule has 3 nitrogen and oxygen atoms in total. The molecule has 1 unspecified atom stereocenters. The lowest BCUT2D eigenvalue weighted by Gasteiger charge is -2.18. The third-order valence-electron chi connectivity index (χ3n) is 3.07. The third-order valence-corrected chi connectivity index (χ3v) is 5.07. The minimum absolute atomic E-state index is 0.0639. The number of sulfone groups is 1. The van der Waals surface area contributed by atoms with Crippen molar-refractivity contribution < 1.29 is 8.42 Å². The van der Waals surface area contributed by atoms with E-state index in [2.05, 4.69) is 5.32 Å². The molecule has 5 heteroatoms. The van der Waals surface area contributed by atoms with Gasteiger partial charge in [-0.15, -0.1) is 0 Å². The highest BCUT2D eigenvalue weighted by Crippen LogP contribution is 2.20. The number of halogens is 1. The number of rotatable bonds is 3. The maximum absolute atomic E-state index is 11.4. The first-order valence-electron chi connectivity index (χ1n) is 5.68. The molecular formula is C12H16ClNO2S. The summed E-state index contributed by atoms with van der Waals surface area (Å²) >= 11 is 5.93. The van der Waals surface area contributed by atoms with E-state index in [0.717, 1.165) is 5.56 Å². The molecule has 1 aromatic rings. The van der Waals surface area contributed by atoms with Gasteiger partial charge in [0.1, 0.15) is 0 Å². The highest BCUT2D eigenvalue weighted by molar-refractivity contribution is 7.91. The number of hydrogen-bond donors (Lipinski definition) is 1. The van der Waals surface area contributed by atoms with E-state index in [1.54, 1.807) is 0 Å². The molecule has 2 atom stereocenters. The Hall–Kier alpha value is -0.580. The van der Waals surface area contributed by atoms with Crippen LogP contribution in [-0.4, -0.2) is 26.0 Å². The molecule has 0 radical (unpaired) electrons. The van der Waals surface area contributed by atoms with Crippen LogP contribution >= 0.6 is 11.6 Å². The van der Waals surface area contributed by atoms with Crippen LogP contribution in [0.15, 0.2) is 24.3 Å². The first-order valence-corrected chi connectivity index (χ1v) is 7.88. The Morgan fingerprint density at radius 1 is 1.47 bits per heavy atom. The van der Waals surface area contributed by atoms with E-state index in [-0.39, 0.29) is 17.8 Å². The highest BCUT2D eigenvalue weighted by atomic mass is 35.5. The van der Waals surface area contributed by atoms with Gasteiger partial charge in [0.15, 0.2) is 9.84 Å². The fourth-order valence-electron chi connectivity index (χ4n) is 2.15. The van der Waals surface area contributed by atoms with E-state index in [9.17, 15) is 8.42 Å². The van der Waals surface area contributed by atoms with Crippen molar-refractivity contribution in [2.45, 2.75) is 25.4 Å². The lowest BCUT2D eigenvalue weighted by atomic mass is 10.1. The number of nitrogens with one attached hydrogen (secondary N) is 1. The fraction of sp³-hybridized carbons (Fsp3) is 0.500. The average molecular weight is 274 g/mol. The summed E-state index contributed by atoms with van der Waals surface area (Å²) in [5.41, 5.74) is 1.08. The number of benzene rings is 1. The summed E-state index contributed by atoms with van der Waals surface area (Å²) in [6, 6.07) is 7.82. The van der Waals surface area contributed by atoms with Crippen molar-refractivity contribution in [1.82, 2.24) is 5.32 Å². The quantitative estimate of drug-likeness (QED) is 0.918. The molecule has 94 valence electrons. The lowest BCUT2D eigenvalue weighted by molar-refractivity contribution is 0.485. The van der Waals surface area contributed by atoms with E-state index in [0.29, 0.717) is 17.2 Å². The molecule has 1 aliphatic heterocycles. The molecule has 1 saturated heterocycles. The van der Waals surface area contributed by atoms with E-state index in [1.165, 1.54) is 0 Å². The minimum atomic E-state index is -2.82. The van der Waals surface area contributed by atoms with Gasteiger partial charge in [0.25, 0.3) is 0 Å². The first kappa shape index (κ1) is 12.9. The van der Waals surface area contributed by atoms with Gasteiger partial charge in [-0.25, -0.2) is 8.42 Å². The van der Waals surface area contributed by atoms with E-state index in [4.69, 9.17) is 11.6 Å². The van der Waals surface area contributed by atoms with Gasteiger partial charge in [0.2, 0.25) is 0 Å². The second kappa shape index (κ2) is 4.96. The van der Waals surface area contributed by atoms with Gasteiger partial charge in [-0.1, -0.05) is 23.7 Å². The second-order valence-corrected chi connectivity index (χ2v) is 7.21. The standard InChI is InChI=1S/C12H16ClNO2S/c1-9(10-3-2-4-11(13)7-10)14-12-5-6-17(15,16)8-12/h2-4,7,9,12,14H,5-6,8H2,1H3/t9-,12?/m1/s1. The summed E-state index contributed by atoms with van der Waals surface area (Å²) < 4.78 is 22.7.